The molecule has 0 bridgehead atoms. The number of halogens is 1. The Bertz CT molecular complexity index is 1100. The second-order valence-electron chi connectivity index (χ2n) is 7.87. The van der Waals surface area contributed by atoms with Crippen LogP contribution in [-0.2, 0) is 9.59 Å². The number of hydrogen-bond acceptors (Lipinski definition) is 4. The average molecular weight is 448 g/mol. The molecule has 0 aliphatic carbocycles. The second kappa shape index (κ2) is 10.7. The zero-order valence-electron chi connectivity index (χ0n) is 18.2. The maximum atomic E-state index is 13.3. The van der Waals surface area contributed by atoms with Gasteiger partial charge in [0.15, 0.2) is 6.61 Å². The summed E-state index contributed by atoms with van der Waals surface area (Å²) in [6.45, 7) is 2.38. The van der Waals surface area contributed by atoms with Crippen molar-refractivity contribution in [2.45, 2.75) is 0 Å². The Balaban J connectivity index is 1.24. The van der Waals surface area contributed by atoms with Crippen molar-refractivity contribution in [3.63, 3.8) is 0 Å². The molecule has 170 valence electrons. The number of rotatable bonds is 7. The summed E-state index contributed by atoms with van der Waals surface area (Å²) >= 11 is 0. The fraction of sp³-hybridized carbons (Fsp3) is 0.231. The van der Waals surface area contributed by atoms with Crippen LogP contribution in [0.4, 0.5) is 10.1 Å². The van der Waals surface area contributed by atoms with E-state index in [0.717, 1.165) is 11.1 Å². The van der Waals surface area contributed by atoms with Gasteiger partial charge in [-0.25, -0.2) is 4.39 Å². The van der Waals surface area contributed by atoms with Gasteiger partial charge in [-0.3, -0.25) is 14.5 Å². The Kier molecular flexibility index (Phi) is 7.32. The Morgan fingerprint density at radius 1 is 0.879 bits per heavy atom. The molecule has 1 saturated heterocycles. The van der Waals surface area contributed by atoms with Gasteiger partial charge in [0, 0.05) is 37.4 Å². The zero-order valence-corrected chi connectivity index (χ0v) is 18.2. The van der Waals surface area contributed by atoms with Crippen molar-refractivity contribution in [1.82, 2.24) is 9.80 Å². The molecule has 0 atom stereocenters. The van der Waals surface area contributed by atoms with Gasteiger partial charge in [-0.05, 0) is 29.8 Å². The van der Waals surface area contributed by atoms with Gasteiger partial charge in [0.1, 0.15) is 11.6 Å². The number of ether oxygens (including phenoxy) is 1. The maximum Gasteiger partial charge on any atom is 0.260 e. The predicted molar refractivity (Wildman–Crippen MR) is 125 cm³/mol. The third-order valence-corrected chi connectivity index (χ3v) is 5.52. The molecule has 0 unspecified atom stereocenters. The summed E-state index contributed by atoms with van der Waals surface area (Å²) in [5.41, 5.74) is 2.41. The van der Waals surface area contributed by atoms with E-state index in [1.807, 2.05) is 59.5 Å². The Morgan fingerprint density at radius 3 is 2.36 bits per heavy atom. The van der Waals surface area contributed by atoms with Crippen molar-refractivity contribution in [3.8, 4) is 16.9 Å². The highest BCUT2D eigenvalue weighted by molar-refractivity contribution is 5.92. The first kappa shape index (κ1) is 22.5. The van der Waals surface area contributed by atoms with Gasteiger partial charge in [0.2, 0.25) is 5.91 Å². The molecule has 33 heavy (non-hydrogen) atoms. The van der Waals surface area contributed by atoms with Crippen molar-refractivity contribution in [1.29, 1.82) is 0 Å². The summed E-state index contributed by atoms with van der Waals surface area (Å²) in [6, 6.07) is 23.4. The van der Waals surface area contributed by atoms with Crippen LogP contribution >= 0.6 is 0 Å². The number of piperazine rings is 1. The van der Waals surface area contributed by atoms with Crippen molar-refractivity contribution < 1.29 is 18.7 Å². The van der Waals surface area contributed by atoms with Crippen LogP contribution in [0, 0.1) is 5.82 Å². The predicted octanol–water partition coefficient (Wildman–Crippen LogP) is 3.65. The highest BCUT2D eigenvalue weighted by Gasteiger charge is 2.23. The molecule has 3 aromatic rings. The lowest BCUT2D eigenvalue weighted by Crippen LogP contribution is -2.51. The van der Waals surface area contributed by atoms with E-state index in [-0.39, 0.29) is 25.0 Å². The first-order chi connectivity index (χ1) is 16.1. The molecule has 1 aliphatic rings. The van der Waals surface area contributed by atoms with Crippen LogP contribution in [0.2, 0.25) is 0 Å². The van der Waals surface area contributed by atoms with Gasteiger partial charge >= 0.3 is 0 Å². The molecule has 0 radical (unpaired) electrons. The Hall–Kier alpha value is -3.71. The number of para-hydroxylation sites is 1. The van der Waals surface area contributed by atoms with Gasteiger partial charge in [-0.2, -0.15) is 0 Å². The van der Waals surface area contributed by atoms with Gasteiger partial charge in [0.25, 0.3) is 5.91 Å². The summed E-state index contributed by atoms with van der Waals surface area (Å²) in [7, 11) is 0. The first-order valence-electron chi connectivity index (χ1n) is 10.9. The summed E-state index contributed by atoms with van der Waals surface area (Å²) in [5, 5.41) is 2.70. The number of anilines is 1. The minimum absolute atomic E-state index is 0.0378. The van der Waals surface area contributed by atoms with Crippen molar-refractivity contribution >= 4 is 17.5 Å². The number of carbonyl (C=O) groups excluding carboxylic acids is 2. The normalized spacial score (nSPS) is 14.0. The highest BCUT2D eigenvalue weighted by atomic mass is 19.1. The van der Waals surface area contributed by atoms with E-state index >= 15 is 0 Å². The maximum absolute atomic E-state index is 13.3. The summed E-state index contributed by atoms with van der Waals surface area (Å²) in [6.07, 6.45) is 0. The lowest BCUT2D eigenvalue weighted by molar-refractivity contribution is -0.135. The first-order valence-corrected chi connectivity index (χ1v) is 10.9. The van der Waals surface area contributed by atoms with Crippen LogP contribution < -0.4 is 10.1 Å². The van der Waals surface area contributed by atoms with Crippen LogP contribution in [-0.4, -0.2) is 60.9 Å². The monoisotopic (exact) mass is 447 g/mol. The van der Waals surface area contributed by atoms with E-state index in [9.17, 15) is 14.0 Å². The van der Waals surface area contributed by atoms with Crippen LogP contribution in [0.1, 0.15) is 0 Å². The van der Waals surface area contributed by atoms with Crippen molar-refractivity contribution in [3.05, 3.63) is 84.7 Å². The SMILES string of the molecule is O=C(CN1CCN(C(=O)COc2ccccc2-c2ccccc2)CC1)Nc1cccc(F)c1. The van der Waals surface area contributed by atoms with Crippen LogP contribution in [0.25, 0.3) is 11.1 Å². The lowest BCUT2D eigenvalue weighted by atomic mass is 10.1. The zero-order chi connectivity index (χ0) is 23.0. The van der Waals surface area contributed by atoms with Gasteiger partial charge in [-0.15, -0.1) is 0 Å². The standard InChI is InChI=1S/C26H26FN3O3/c27-21-9-6-10-22(17-21)28-25(31)18-29-13-15-30(16-14-29)26(32)19-33-24-12-5-4-11-23(24)20-7-2-1-3-8-20/h1-12,17H,13-16,18-19H2,(H,28,31). The number of nitrogens with one attached hydrogen (secondary N) is 1. The largest absolute Gasteiger partial charge is 0.483 e. The van der Waals surface area contributed by atoms with Crippen LogP contribution in [0.5, 0.6) is 5.75 Å². The highest BCUT2D eigenvalue weighted by Crippen LogP contribution is 2.29. The molecule has 1 aliphatic heterocycles. The smallest absolute Gasteiger partial charge is 0.260 e. The molecule has 4 rings (SSSR count). The van der Waals surface area contributed by atoms with E-state index in [4.69, 9.17) is 4.74 Å². The molecular formula is C26H26FN3O3. The van der Waals surface area contributed by atoms with Crippen molar-refractivity contribution in [2.75, 3.05) is 44.6 Å². The molecule has 0 aromatic heterocycles. The molecule has 1 fully saturated rings. The average Bonchev–Trinajstić information content (AvgIpc) is 2.84. The van der Waals surface area contributed by atoms with Crippen LogP contribution in [0.3, 0.4) is 0 Å². The van der Waals surface area contributed by atoms with Gasteiger partial charge < -0.3 is 15.0 Å². The number of nitrogens with zero attached hydrogens (tertiary/aromatic N) is 2. The van der Waals surface area contributed by atoms with E-state index in [1.54, 1.807) is 17.0 Å². The summed E-state index contributed by atoms with van der Waals surface area (Å²) < 4.78 is 19.1. The molecular weight excluding hydrogens is 421 g/mol. The number of hydrogen-bond donors (Lipinski definition) is 1. The Labute approximate surface area is 192 Å². The molecule has 1 N–H and O–H groups in total. The summed E-state index contributed by atoms with van der Waals surface area (Å²) in [4.78, 5) is 28.7. The molecule has 2 amide bonds. The van der Waals surface area contributed by atoms with E-state index < -0.39 is 5.82 Å². The number of amides is 2. The molecule has 6 nitrogen and oxygen atoms in total. The lowest BCUT2D eigenvalue weighted by Gasteiger charge is -2.34. The van der Waals surface area contributed by atoms with E-state index in [0.29, 0.717) is 37.6 Å². The molecule has 7 heteroatoms. The number of carbonyl (C=O) groups is 2. The fourth-order valence-electron chi connectivity index (χ4n) is 3.80. The van der Waals surface area contributed by atoms with Crippen molar-refractivity contribution in [2.24, 2.45) is 0 Å². The molecule has 3 aromatic carbocycles. The minimum atomic E-state index is -0.395. The van der Waals surface area contributed by atoms with E-state index in [1.165, 1.54) is 12.1 Å². The quantitative estimate of drug-likeness (QED) is 0.601. The van der Waals surface area contributed by atoms with E-state index in [2.05, 4.69) is 5.32 Å². The molecule has 0 saturated carbocycles. The third kappa shape index (κ3) is 6.17. The fourth-order valence-corrected chi connectivity index (χ4v) is 3.80. The molecule has 0 spiro atoms. The third-order valence-electron chi connectivity index (χ3n) is 5.52. The van der Waals surface area contributed by atoms with Gasteiger partial charge in [0.05, 0.1) is 6.54 Å². The Morgan fingerprint density at radius 2 is 1.61 bits per heavy atom. The minimum Gasteiger partial charge on any atom is -0.483 e. The van der Waals surface area contributed by atoms with Gasteiger partial charge in [-0.1, -0.05) is 54.6 Å². The summed E-state index contributed by atoms with van der Waals surface area (Å²) in [5.74, 6) is -0.0128. The topological polar surface area (TPSA) is 61.9 Å². The second-order valence-corrected chi connectivity index (χ2v) is 7.87. The number of benzene rings is 3. The molecule has 1 heterocycles. The van der Waals surface area contributed by atoms with Crippen LogP contribution in [0.15, 0.2) is 78.9 Å².